The van der Waals surface area contributed by atoms with Gasteiger partial charge in [-0.05, 0) is 12.2 Å². The highest BCUT2D eigenvalue weighted by molar-refractivity contribution is 9.10. The predicted octanol–water partition coefficient (Wildman–Crippen LogP) is 1.88. The Kier molecular flexibility index (Phi) is 2.57. The summed E-state index contributed by atoms with van der Waals surface area (Å²) in [7, 11) is 0. The minimum Gasteiger partial charge on any atom is -0.263 e. The van der Waals surface area contributed by atoms with Gasteiger partial charge in [0.2, 0.25) is 0 Å². The fraction of sp³-hybridized carbons (Fsp3) is 1.00. The molecule has 0 N–H and O–H groups in total. The van der Waals surface area contributed by atoms with E-state index in [1.165, 1.54) is 0 Å². The Bertz CT molecular complexity index is 147. The topological polar surface area (TPSA) is 43.1 Å². The van der Waals surface area contributed by atoms with E-state index in [9.17, 15) is 10.1 Å². The van der Waals surface area contributed by atoms with E-state index < -0.39 is 4.45 Å². The fourth-order valence-corrected chi connectivity index (χ4v) is 2.71. The van der Waals surface area contributed by atoms with Crippen LogP contribution in [-0.2, 0) is 0 Å². The smallest absolute Gasteiger partial charge is 0.263 e. The maximum atomic E-state index is 10.4. The van der Waals surface area contributed by atoms with Crippen molar-refractivity contribution in [2.24, 2.45) is 0 Å². The van der Waals surface area contributed by atoms with Crippen molar-refractivity contribution in [2.45, 2.75) is 17.3 Å². The zero-order chi connectivity index (χ0) is 7.61. The summed E-state index contributed by atoms with van der Waals surface area (Å²) in [5.41, 5.74) is 0. The Morgan fingerprint density at radius 1 is 1.70 bits per heavy atom. The fourth-order valence-electron chi connectivity index (χ4n) is 0.890. The lowest BCUT2D eigenvalue weighted by molar-refractivity contribution is -0.530. The summed E-state index contributed by atoms with van der Waals surface area (Å²) in [5.74, 6) is 1.65. The van der Waals surface area contributed by atoms with Crippen molar-refractivity contribution in [3.05, 3.63) is 10.1 Å². The number of halogens is 1. The highest BCUT2D eigenvalue weighted by Gasteiger charge is 2.41. The van der Waals surface area contributed by atoms with Gasteiger partial charge in [-0.1, -0.05) is 0 Å². The maximum Gasteiger partial charge on any atom is 0.283 e. The number of hydrogen-bond donors (Lipinski definition) is 0. The number of nitrogens with zero attached hydrogens (tertiary/aromatic N) is 1. The van der Waals surface area contributed by atoms with Gasteiger partial charge in [-0.25, -0.2) is 0 Å². The van der Waals surface area contributed by atoms with Crippen LogP contribution in [0.4, 0.5) is 0 Å². The molecular weight excluding hydrogens is 218 g/mol. The molecule has 1 aliphatic rings. The molecule has 5 heteroatoms. The zero-order valence-corrected chi connectivity index (χ0v) is 7.78. The lowest BCUT2D eigenvalue weighted by atomic mass is 10.2. The molecule has 0 spiro atoms. The van der Waals surface area contributed by atoms with Crippen LogP contribution >= 0.6 is 27.7 Å². The average molecular weight is 226 g/mol. The predicted molar refractivity (Wildman–Crippen MR) is 45.2 cm³/mol. The summed E-state index contributed by atoms with van der Waals surface area (Å²) in [4.78, 5) is 10.2. The van der Waals surface area contributed by atoms with Crippen molar-refractivity contribution in [1.29, 1.82) is 0 Å². The summed E-state index contributed by atoms with van der Waals surface area (Å²) < 4.78 is -0.823. The van der Waals surface area contributed by atoms with Gasteiger partial charge in [0.05, 0.1) is 5.75 Å². The van der Waals surface area contributed by atoms with Crippen LogP contribution in [0.2, 0.25) is 0 Å². The molecule has 0 aromatic carbocycles. The molecule has 0 amide bonds. The molecule has 1 unspecified atom stereocenters. The Balaban J connectivity index is 2.56. The minimum atomic E-state index is -0.823. The van der Waals surface area contributed by atoms with Crippen molar-refractivity contribution in [3.8, 4) is 0 Å². The van der Waals surface area contributed by atoms with Gasteiger partial charge in [0, 0.05) is 27.3 Å². The van der Waals surface area contributed by atoms with Gasteiger partial charge >= 0.3 is 0 Å². The quantitative estimate of drug-likeness (QED) is 0.296. The number of thioether (sulfide) groups is 1. The van der Waals surface area contributed by atoms with Crippen LogP contribution < -0.4 is 0 Å². The third-order valence-electron chi connectivity index (χ3n) is 1.50. The van der Waals surface area contributed by atoms with Gasteiger partial charge in [-0.2, -0.15) is 11.8 Å². The second-order valence-electron chi connectivity index (χ2n) is 2.33. The van der Waals surface area contributed by atoms with Crippen LogP contribution in [0.3, 0.4) is 0 Å². The number of rotatable bonds is 1. The molecular formula is C5H8BrNO2S. The second kappa shape index (κ2) is 3.09. The molecule has 0 saturated carbocycles. The molecule has 1 aliphatic heterocycles. The van der Waals surface area contributed by atoms with Crippen LogP contribution in [0, 0.1) is 10.1 Å². The third kappa shape index (κ3) is 1.63. The zero-order valence-electron chi connectivity index (χ0n) is 5.38. The molecule has 0 radical (unpaired) electrons. The first-order valence-electron chi connectivity index (χ1n) is 3.06. The molecule has 1 fully saturated rings. The summed E-state index contributed by atoms with van der Waals surface area (Å²) in [6.45, 7) is 0. The van der Waals surface area contributed by atoms with E-state index in [4.69, 9.17) is 0 Å². The monoisotopic (exact) mass is 225 g/mol. The first kappa shape index (κ1) is 8.33. The molecule has 1 rings (SSSR count). The minimum absolute atomic E-state index is 0.223. The SMILES string of the molecule is O=[N+]([O-])C1(Br)CCCSC1. The summed E-state index contributed by atoms with van der Waals surface area (Å²) in [6.07, 6.45) is 1.60. The Labute approximate surface area is 71.8 Å². The Morgan fingerprint density at radius 3 is 2.70 bits per heavy atom. The molecule has 58 valence electrons. The van der Waals surface area contributed by atoms with E-state index in [0.29, 0.717) is 12.2 Å². The van der Waals surface area contributed by atoms with Crippen molar-refractivity contribution >= 4 is 27.7 Å². The number of nitro groups is 1. The van der Waals surface area contributed by atoms with Gasteiger partial charge in [-0.15, -0.1) is 0 Å². The average Bonchev–Trinajstić information content (AvgIpc) is 1.89. The van der Waals surface area contributed by atoms with Gasteiger partial charge in [0.25, 0.3) is 4.45 Å². The largest absolute Gasteiger partial charge is 0.283 e. The first-order chi connectivity index (χ1) is 4.65. The van der Waals surface area contributed by atoms with Crippen LogP contribution in [0.1, 0.15) is 12.8 Å². The van der Waals surface area contributed by atoms with E-state index in [1.807, 2.05) is 0 Å². The van der Waals surface area contributed by atoms with Crippen molar-refractivity contribution in [3.63, 3.8) is 0 Å². The van der Waals surface area contributed by atoms with Crippen molar-refractivity contribution in [2.75, 3.05) is 11.5 Å². The van der Waals surface area contributed by atoms with E-state index in [1.54, 1.807) is 11.8 Å². The van der Waals surface area contributed by atoms with E-state index in [-0.39, 0.29) is 4.92 Å². The highest BCUT2D eigenvalue weighted by Crippen LogP contribution is 2.34. The molecule has 0 bridgehead atoms. The van der Waals surface area contributed by atoms with Gasteiger partial charge in [-0.3, -0.25) is 10.1 Å². The van der Waals surface area contributed by atoms with E-state index in [2.05, 4.69) is 15.9 Å². The third-order valence-corrected chi connectivity index (χ3v) is 4.10. The molecule has 1 saturated heterocycles. The lowest BCUT2D eigenvalue weighted by Gasteiger charge is -2.22. The molecule has 1 atom stereocenters. The number of hydrogen-bond acceptors (Lipinski definition) is 3. The van der Waals surface area contributed by atoms with Gasteiger partial charge in [0.15, 0.2) is 0 Å². The summed E-state index contributed by atoms with van der Waals surface area (Å²) in [5, 5.41) is 10.4. The summed E-state index contributed by atoms with van der Waals surface area (Å²) in [6, 6.07) is 0. The normalized spacial score (nSPS) is 33.7. The molecule has 1 heterocycles. The van der Waals surface area contributed by atoms with Gasteiger partial charge < -0.3 is 0 Å². The lowest BCUT2D eigenvalue weighted by Crippen LogP contribution is -2.36. The molecule has 0 aromatic heterocycles. The van der Waals surface area contributed by atoms with Crippen LogP contribution in [0.5, 0.6) is 0 Å². The van der Waals surface area contributed by atoms with Crippen LogP contribution in [-0.4, -0.2) is 20.9 Å². The number of alkyl halides is 1. The standard InChI is InChI=1S/C5H8BrNO2S/c6-5(7(8)9)2-1-3-10-4-5/h1-4H2. The van der Waals surface area contributed by atoms with E-state index >= 15 is 0 Å². The maximum absolute atomic E-state index is 10.4. The summed E-state index contributed by atoms with van der Waals surface area (Å²) >= 11 is 4.78. The molecule has 3 nitrogen and oxygen atoms in total. The van der Waals surface area contributed by atoms with E-state index in [0.717, 1.165) is 12.2 Å². The van der Waals surface area contributed by atoms with Gasteiger partial charge in [0.1, 0.15) is 0 Å². The molecule has 0 aliphatic carbocycles. The van der Waals surface area contributed by atoms with Crippen molar-refractivity contribution < 1.29 is 4.92 Å². The Morgan fingerprint density at radius 2 is 2.40 bits per heavy atom. The Hall–Kier alpha value is 0.230. The van der Waals surface area contributed by atoms with Crippen LogP contribution in [0.25, 0.3) is 0 Å². The highest BCUT2D eigenvalue weighted by atomic mass is 79.9. The molecule has 10 heavy (non-hydrogen) atoms. The second-order valence-corrected chi connectivity index (χ2v) is 4.91. The molecule has 0 aromatic rings. The first-order valence-corrected chi connectivity index (χ1v) is 5.01. The van der Waals surface area contributed by atoms with Crippen LogP contribution in [0.15, 0.2) is 0 Å². The van der Waals surface area contributed by atoms with Crippen molar-refractivity contribution in [1.82, 2.24) is 0 Å².